The zero-order valence-corrected chi connectivity index (χ0v) is 10.2. The Hall–Kier alpha value is -2.03. The van der Waals surface area contributed by atoms with Gasteiger partial charge in [0.15, 0.2) is 0 Å². The van der Waals surface area contributed by atoms with Gasteiger partial charge in [-0.25, -0.2) is 5.01 Å². The third-order valence-electron chi connectivity index (χ3n) is 2.79. The largest absolute Gasteiger partial charge is 0.472 e. The smallest absolute Gasteiger partial charge is 0.207 e. The summed E-state index contributed by atoms with van der Waals surface area (Å²) in [5, 5.41) is 5.93. The van der Waals surface area contributed by atoms with Crippen LogP contribution >= 0.6 is 0 Å². The molecule has 0 aromatic heterocycles. The number of nitrogens with zero attached hydrogens (tertiary/aromatic N) is 2. The summed E-state index contributed by atoms with van der Waals surface area (Å²) in [6.07, 6.45) is 1.79. The molecule has 1 heterocycles. The van der Waals surface area contributed by atoms with Gasteiger partial charge >= 0.3 is 0 Å². The van der Waals surface area contributed by atoms with Crippen molar-refractivity contribution in [2.75, 3.05) is 6.61 Å². The summed E-state index contributed by atoms with van der Waals surface area (Å²) in [5.41, 5.74) is 4.39. The average Bonchev–Trinajstić information content (AvgIpc) is 2.61. The summed E-state index contributed by atoms with van der Waals surface area (Å²) in [4.78, 5) is 0. The molecule has 0 bridgehead atoms. The van der Waals surface area contributed by atoms with Crippen molar-refractivity contribution in [1.29, 1.82) is 0 Å². The molecule has 1 aliphatic heterocycles. The molecule has 0 N–H and O–H groups in total. The van der Waals surface area contributed by atoms with Gasteiger partial charge in [0.25, 0.3) is 0 Å². The van der Waals surface area contributed by atoms with Gasteiger partial charge in [-0.05, 0) is 37.1 Å². The highest BCUT2D eigenvalue weighted by atomic mass is 16.5. The maximum absolute atomic E-state index is 5.23. The van der Waals surface area contributed by atoms with E-state index >= 15 is 0 Å². The SMILES string of the molecule is C=C1COC(=C)N1/N=C/c1ccc(C)c(C)c1. The van der Waals surface area contributed by atoms with Gasteiger partial charge < -0.3 is 4.74 Å². The molecule has 0 atom stereocenters. The molecule has 3 heteroatoms. The van der Waals surface area contributed by atoms with E-state index < -0.39 is 0 Å². The maximum atomic E-state index is 5.23. The quantitative estimate of drug-likeness (QED) is 0.727. The Bertz CT molecular complexity index is 487. The summed E-state index contributed by atoms with van der Waals surface area (Å²) in [6, 6.07) is 6.22. The molecule has 0 amide bonds. The van der Waals surface area contributed by atoms with E-state index in [0.29, 0.717) is 12.5 Å². The Labute approximate surface area is 102 Å². The summed E-state index contributed by atoms with van der Waals surface area (Å²) < 4.78 is 5.23. The lowest BCUT2D eigenvalue weighted by Crippen LogP contribution is -2.07. The van der Waals surface area contributed by atoms with Crippen LogP contribution in [0.4, 0.5) is 0 Å². The lowest BCUT2D eigenvalue weighted by atomic mass is 10.1. The van der Waals surface area contributed by atoms with E-state index in [1.807, 2.05) is 6.07 Å². The number of aryl methyl sites for hydroxylation is 2. The van der Waals surface area contributed by atoms with Crippen LogP contribution in [0.15, 0.2) is 48.0 Å². The van der Waals surface area contributed by atoms with Gasteiger partial charge in [-0.15, -0.1) is 0 Å². The topological polar surface area (TPSA) is 24.8 Å². The summed E-state index contributed by atoms with van der Waals surface area (Å²) in [6.45, 7) is 12.3. The van der Waals surface area contributed by atoms with Gasteiger partial charge in [-0.2, -0.15) is 5.10 Å². The molecule has 0 aliphatic carbocycles. The van der Waals surface area contributed by atoms with Crippen LogP contribution in [0.5, 0.6) is 0 Å². The maximum Gasteiger partial charge on any atom is 0.207 e. The fourth-order valence-corrected chi connectivity index (χ4v) is 1.58. The van der Waals surface area contributed by atoms with E-state index in [1.165, 1.54) is 11.1 Å². The molecule has 1 fully saturated rings. The first-order valence-corrected chi connectivity index (χ1v) is 5.49. The molecular formula is C14H16N2O. The van der Waals surface area contributed by atoms with Crippen LogP contribution in [-0.2, 0) is 4.74 Å². The fourth-order valence-electron chi connectivity index (χ4n) is 1.58. The Morgan fingerprint density at radius 3 is 2.65 bits per heavy atom. The third-order valence-corrected chi connectivity index (χ3v) is 2.79. The molecule has 1 aromatic rings. The Kier molecular flexibility index (Phi) is 3.00. The second kappa shape index (κ2) is 4.45. The van der Waals surface area contributed by atoms with Crippen molar-refractivity contribution in [3.05, 3.63) is 59.6 Å². The fraction of sp³-hybridized carbons (Fsp3) is 0.214. The molecule has 0 saturated carbocycles. The highest BCUT2D eigenvalue weighted by molar-refractivity contribution is 5.80. The molecule has 0 spiro atoms. The van der Waals surface area contributed by atoms with E-state index in [-0.39, 0.29) is 0 Å². The first-order valence-electron chi connectivity index (χ1n) is 5.49. The predicted molar refractivity (Wildman–Crippen MR) is 69.6 cm³/mol. The monoisotopic (exact) mass is 228 g/mol. The van der Waals surface area contributed by atoms with Crippen LogP contribution in [0.2, 0.25) is 0 Å². The number of hydrazone groups is 1. The molecule has 88 valence electrons. The molecule has 1 aromatic carbocycles. The Morgan fingerprint density at radius 1 is 1.29 bits per heavy atom. The molecule has 3 nitrogen and oxygen atoms in total. The molecule has 1 saturated heterocycles. The molecule has 0 radical (unpaired) electrons. The zero-order chi connectivity index (χ0) is 12.4. The Morgan fingerprint density at radius 2 is 2.06 bits per heavy atom. The average molecular weight is 228 g/mol. The minimum atomic E-state index is 0.461. The standard InChI is InChI=1S/C14H16N2O/c1-10-5-6-14(7-11(10)2)8-15-16-12(3)9-17-13(16)4/h5-8H,3-4,9H2,1-2H3/b15-8+. The van der Waals surface area contributed by atoms with Crippen molar-refractivity contribution in [3.63, 3.8) is 0 Å². The van der Waals surface area contributed by atoms with E-state index in [2.05, 4.69) is 44.2 Å². The number of hydrogen-bond acceptors (Lipinski definition) is 3. The lowest BCUT2D eigenvalue weighted by Gasteiger charge is -2.09. The van der Waals surface area contributed by atoms with Crippen LogP contribution in [0.3, 0.4) is 0 Å². The lowest BCUT2D eigenvalue weighted by molar-refractivity contribution is 0.239. The molecule has 2 rings (SSSR count). The van der Waals surface area contributed by atoms with Crippen molar-refractivity contribution in [2.24, 2.45) is 5.10 Å². The molecular weight excluding hydrogens is 212 g/mol. The van der Waals surface area contributed by atoms with Crippen molar-refractivity contribution in [2.45, 2.75) is 13.8 Å². The minimum absolute atomic E-state index is 0.461. The number of rotatable bonds is 2. The highest BCUT2D eigenvalue weighted by Crippen LogP contribution is 2.20. The van der Waals surface area contributed by atoms with Crippen molar-refractivity contribution >= 4 is 6.21 Å². The highest BCUT2D eigenvalue weighted by Gasteiger charge is 2.19. The van der Waals surface area contributed by atoms with E-state index in [1.54, 1.807) is 11.2 Å². The first kappa shape index (κ1) is 11.5. The van der Waals surface area contributed by atoms with Crippen LogP contribution in [0, 0.1) is 13.8 Å². The summed E-state index contributed by atoms with van der Waals surface area (Å²) in [7, 11) is 0. The zero-order valence-electron chi connectivity index (χ0n) is 10.2. The van der Waals surface area contributed by atoms with E-state index in [0.717, 1.165) is 11.3 Å². The van der Waals surface area contributed by atoms with Crippen LogP contribution in [-0.4, -0.2) is 17.8 Å². The minimum Gasteiger partial charge on any atom is -0.472 e. The molecule has 1 aliphatic rings. The van der Waals surface area contributed by atoms with E-state index in [9.17, 15) is 0 Å². The van der Waals surface area contributed by atoms with Crippen LogP contribution in [0.25, 0.3) is 0 Å². The molecule has 17 heavy (non-hydrogen) atoms. The van der Waals surface area contributed by atoms with Crippen LogP contribution < -0.4 is 0 Å². The number of benzene rings is 1. The molecule has 0 unspecified atom stereocenters. The number of ether oxygens (including phenoxy) is 1. The third kappa shape index (κ3) is 2.38. The van der Waals surface area contributed by atoms with Crippen LogP contribution in [0.1, 0.15) is 16.7 Å². The summed E-state index contributed by atoms with van der Waals surface area (Å²) in [5.74, 6) is 0.523. The van der Waals surface area contributed by atoms with Crippen molar-refractivity contribution < 1.29 is 4.74 Å². The van der Waals surface area contributed by atoms with Gasteiger partial charge in [0, 0.05) is 0 Å². The van der Waals surface area contributed by atoms with Gasteiger partial charge in [0.05, 0.1) is 11.9 Å². The van der Waals surface area contributed by atoms with Gasteiger partial charge in [0.1, 0.15) is 6.61 Å². The van der Waals surface area contributed by atoms with Gasteiger partial charge in [0.2, 0.25) is 5.88 Å². The van der Waals surface area contributed by atoms with Crippen molar-refractivity contribution in [1.82, 2.24) is 5.01 Å². The second-order valence-electron chi connectivity index (χ2n) is 4.15. The normalized spacial score (nSPS) is 15.8. The van der Waals surface area contributed by atoms with Gasteiger partial charge in [-0.3, -0.25) is 0 Å². The predicted octanol–water partition coefficient (Wildman–Crippen LogP) is 2.95. The second-order valence-corrected chi connectivity index (χ2v) is 4.15. The van der Waals surface area contributed by atoms with Gasteiger partial charge in [-0.1, -0.05) is 24.8 Å². The first-order chi connectivity index (χ1) is 8.08. The van der Waals surface area contributed by atoms with E-state index in [4.69, 9.17) is 4.74 Å². The number of hydrogen-bond donors (Lipinski definition) is 0. The van der Waals surface area contributed by atoms with Crippen molar-refractivity contribution in [3.8, 4) is 0 Å². The summed E-state index contributed by atoms with van der Waals surface area (Å²) >= 11 is 0. The Balaban J connectivity index is 2.17.